The van der Waals surface area contributed by atoms with Gasteiger partial charge in [0.05, 0.1) is 0 Å². The van der Waals surface area contributed by atoms with Crippen LogP contribution < -0.4 is 0 Å². The minimum absolute atomic E-state index is 0.338. The Bertz CT molecular complexity index is 190. The molecule has 2 N–H and O–H groups in total. The Labute approximate surface area is 64.2 Å². The van der Waals surface area contributed by atoms with E-state index in [9.17, 15) is 9.59 Å². The molecule has 0 fully saturated rings. The molecule has 62 valence electrons. The molecule has 0 aromatic rings. The van der Waals surface area contributed by atoms with Crippen LogP contribution in [0.4, 0.5) is 0 Å². The van der Waals surface area contributed by atoms with Gasteiger partial charge in [-0.15, -0.1) is 0 Å². The van der Waals surface area contributed by atoms with Crippen molar-refractivity contribution in [1.29, 1.82) is 0 Å². The fraction of sp³-hybridized carbons (Fsp3) is 0.429. The lowest BCUT2D eigenvalue weighted by molar-refractivity contribution is -0.152. The van der Waals surface area contributed by atoms with Gasteiger partial charge in [-0.25, -0.2) is 0 Å². The van der Waals surface area contributed by atoms with E-state index >= 15 is 0 Å². The predicted octanol–water partition coefficient (Wildman–Crippen LogP) is 0.738. The first-order valence-electron chi connectivity index (χ1n) is 3.09. The maximum atomic E-state index is 10.3. The van der Waals surface area contributed by atoms with Crippen molar-refractivity contribution in [2.75, 3.05) is 0 Å². The smallest absolute Gasteiger partial charge is 0.322 e. The summed E-state index contributed by atoms with van der Waals surface area (Å²) in [7, 11) is 0. The lowest BCUT2D eigenvalue weighted by Crippen LogP contribution is -2.24. The highest BCUT2D eigenvalue weighted by atomic mass is 16.4. The molecule has 0 radical (unpaired) electrons. The SMILES string of the molecule is C/C=C(/C)C(C(=O)O)C(=O)O. The highest BCUT2D eigenvalue weighted by Crippen LogP contribution is 2.10. The topological polar surface area (TPSA) is 74.6 Å². The molecule has 11 heavy (non-hydrogen) atoms. The summed E-state index contributed by atoms with van der Waals surface area (Å²) < 4.78 is 0. The van der Waals surface area contributed by atoms with Gasteiger partial charge in [-0.2, -0.15) is 0 Å². The van der Waals surface area contributed by atoms with Gasteiger partial charge >= 0.3 is 11.9 Å². The van der Waals surface area contributed by atoms with Crippen LogP contribution >= 0.6 is 0 Å². The molecule has 0 aliphatic heterocycles. The zero-order valence-corrected chi connectivity index (χ0v) is 6.37. The van der Waals surface area contributed by atoms with E-state index in [1.54, 1.807) is 6.92 Å². The summed E-state index contributed by atoms with van der Waals surface area (Å²) in [5.74, 6) is -4.05. The minimum Gasteiger partial charge on any atom is -0.480 e. The summed E-state index contributed by atoms with van der Waals surface area (Å²) in [6.07, 6.45) is 1.48. The molecule has 0 bridgehead atoms. The second kappa shape index (κ2) is 3.75. The molecule has 0 saturated carbocycles. The highest BCUT2D eigenvalue weighted by molar-refractivity contribution is 5.96. The van der Waals surface area contributed by atoms with Crippen molar-refractivity contribution in [2.24, 2.45) is 5.92 Å². The molecule has 0 aromatic carbocycles. The number of allylic oxidation sites excluding steroid dienone is 1. The van der Waals surface area contributed by atoms with Gasteiger partial charge in [0.2, 0.25) is 0 Å². The van der Waals surface area contributed by atoms with Gasteiger partial charge < -0.3 is 10.2 Å². The van der Waals surface area contributed by atoms with E-state index in [2.05, 4.69) is 0 Å². The van der Waals surface area contributed by atoms with E-state index in [0.717, 1.165) is 0 Å². The van der Waals surface area contributed by atoms with Crippen molar-refractivity contribution in [3.63, 3.8) is 0 Å². The van der Waals surface area contributed by atoms with Gasteiger partial charge in [0.25, 0.3) is 0 Å². The first-order chi connectivity index (χ1) is 5.00. The van der Waals surface area contributed by atoms with Crippen molar-refractivity contribution in [2.45, 2.75) is 13.8 Å². The third kappa shape index (κ3) is 2.41. The van der Waals surface area contributed by atoms with E-state index in [-0.39, 0.29) is 0 Å². The molecule has 0 unspecified atom stereocenters. The van der Waals surface area contributed by atoms with E-state index in [4.69, 9.17) is 10.2 Å². The molecule has 4 heteroatoms. The predicted molar refractivity (Wildman–Crippen MR) is 38.2 cm³/mol. The summed E-state index contributed by atoms with van der Waals surface area (Å²) in [5.41, 5.74) is 0.338. The summed E-state index contributed by atoms with van der Waals surface area (Å²) in [6.45, 7) is 3.08. The second-order valence-electron chi connectivity index (χ2n) is 2.14. The van der Waals surface area contributed by atoms with Crippen molar-refractivity contribution in [3.05, 3.63) is 11.6 Å². The van der Waals surface area contributed by atoms with Gasteiger partial charge in [-0.3, -0.25) is 9.59 Å². The minimum atomic E-state index is -1.40. The van der Waals surface area contributed by atoms with E-state index in [0.29, 0.717) is 5.57 Å². The van der Waals surface area contributed by atoms with Crippen molar-refractivity contribution < 1.29 is 19.8 Å². The number of rotatable bonds is 3. The Kier molecular flexibility index (Phi) is 3.30. The standard InChI is InChI=1S/C7H10O4/c1-3-4(2)5(6(8)9)7(10)11/h3,5H,1-2H3,(H,8,9)(H,10,11)/b4-3-. The van der Waals surface area contributed by atoms with Gasteiger partial charge in [0.15, 0.2) is 5.92 Å². The van der Waals surface area contributed by atoms with Crippen LogP contribution in [0.25, 0.3) is 0 Å². The van der Waals surface area contributed by atoms with Crippen LogP contribution in [0.3, 0.4) is 0 Å². The van der Waals surface area contributed by atoms with Crippen LogP contribution in [0.5, 0.6) is 0 Å². The first kappa shape index (κ1) is 9.68. The zero-order valence-electron chi connectivity index (χ0n) is 6.37. The number of hydrogen-bond acceptors (Lipinski definition) is 2. The number of carboxylic acids is 2. The fourth-order valence-electron chi connectivity index (χ4n) is 0.662. The number of aliphatic carboxylic acids is 2. The van der Waals surface area contributed by atoms with Crippen LogP contribution in [0.2, 0.25) is 0 Å². The molecule has 0 spiro atoms. The number of carboxylic acid groups (broad SMARTS) is 2. The quantitative estimate of drug-likeness (QED) is 0.469. The van der Waals surface area contributed by atoms with E-state index in [1.807, 2.05) is 0 Å². The third-order valence-corrected chi connectivity index (χ3v) is 1.40. The van der Waals surface area contributed by atoms with Crippen LogP contribution in [-0.4, -0.2) is 22.2 Å². The van der Waals surface area contributed by atoms with Gasteiger partial charge in [0.1, 0.15) is 0 Å². The average Bonchev–Trinajstić information content (AvgIpc) is 1.85. The summed E-state index contributed by atoms with van der Waals surface area (Å²) in [4.78, 5) is 20.6. The van der Waals surface area contributed by atoms with Crippen LogP contribution in [0.1, 0.15) is 13.8 Å². The lowest BCUT2D eigenvalue weighted by atomic mass is 10.0. The fourth-order valence-corrected chi connectivity index (χ4v) is 0.662. The number of carbonyl (C=O) groups is 2. The largest absolute Gasteiger partial charge is 0.480 e. The summed E-state index contributed by atoms with van der Waals surface area (Å²) in [5, 5.41) is 16.8. The maximum Gasteiger partial charge on any atom is 0.322 e. The highest BCUT2D eigenvalue weighted by Gasteiger charge is 2.26. The van der Waals surface area contributed by atoms with Crippen molar-refractivity contribution in [1.82, 2.24) is 0 Å². The lowest BCUT2D eigenvalue weighted by Gasteiger charge is -2.05. The molecular weight excluding hydrogens is 148 g/mol. The van der Waals surface area contributed by atoms with Gasteiger partial charge in [0, 0.05) is 0 Å². The van der Waals surface area contributed by atoms with Crippen molar-refractivity contribution in [3.8, 4) is 0 Å². The zero-order chi connectivity index (χ0) is 9.02. The maximum absolute atomic E-state index is 10.3. The third-order valence-electron chi connectivity index (χ3n) is 1.40. The first-order valence-corrected chi connectivity index (χ1v) is 3.09. The van der Waals surface area contributed by atoms with Crippen LogP contribution in [0, 0.1) is 5.92 Å². The van der Waals surface area contributed by atoms with Crippen LogP contribution in [0.15, 0.2) is 11.6 Å². The van der Waals surface area contributed by atoms with E-state index < -0.39 is 17.9 Å². The Morgan fingerprint density at radius 1 is 1.27 bits per heavy atom. The number of hydrogen-bond donors (Lipinski definition) is 2. The molecular formula is C7H10O4. The Balaban J connectivity index is 4.62. The van der Waals surface area contributed by atoms with E-state index in [1.165, 1.54) is 13.0 Å². The van der Waals surface area contributed by atoms with Gasteiger partial charge in [-0.1, -0.05) is 11.6 Å². The molecule has 0 heterocycles. The Morgan fingerprint density at radius 2 is 1.64 bits per heavy atom. The molecule has 0 aliphatic carbocycles. The Morgan fingerprint density at radius 3 is 1.73 bits per heavy atom. The van der Waals surface area contributed by atoms with Crippen molar-refractivity contribution >= 4 is 11.9 Å². The summed E-state index contributed by atoms with van der Waals surface area (Å²) >= 11 is 0. The second-order valence-corrected chi connectivity index (χ2v) is 2.14. The molecule has 0 rings (SSSR count). The molecule has 0 atom stereocenters. The molecule has 4 nitrogen and oxygen atoms in total. The molecule has 0 aromatic heterocycles. The Hall–Kier alpha value is -1.32. The molecule has 0 aliphatic rings. The van der Waals surface area contributed by atoms with Gasteiger partial charge in [-0.05, 0) is 13.8 Å². The molecule has 0 amide bonds. The van der Waals surface area contributed by atoms with Crippen LogP contribution in [-0.2, 0) is 9.59 Å². The average molecular weight is 158 g/mol. The monoisotopic (exact) mass is 158 g/mol. The summed E-state index contributed by atoms with van der Waals surface area (Å²) in [6, 6.07) is 0. The molecule has 0 saturated heterocycles. The normalized spacial score (nSPS) is 11.7.